The van der Waals surface area contributed by atoms with E-state index in [1.54, 1.807) is 17.7 Å². The number of rotatable bonds is 4. The van der Waals surface area contributed by atoms with Crippen LogP contribution in [-0.4, -0.2) is 14.7 Å². The lowest BCUT2D eigenvalue weighted by molar-refractivity contribution is -0.385. The van der Waals surface area contributed by atoms with E-state index in [9.17, 15) is 10.1 Å². The quantitative estimate of drug-likeness (QED) is 0.621. The molecule has 112 valence electrons. The van der Waals surface area contributed by atoms with Crippen LogP contribution in [0.2, 0.25) is 0 Å². The molecule has 0 unspecified atom stereocenters. The van der Waals surface area contributed by atoms with Crippen LogP contribution < -0.4 is 4.74 Å². The molecule has 0 aliphatic carbocycles. The van der Waals surface area contributed by atoms with E-state index >= 15 is 0 Å². The molecule has 0 N–H and O–H groups in total. The lowest BCUT2D eigenvalue weighted by Crippen LogP contribution is -2.05. The molecule has 2 aromatic rings. The van der Waals surface area contributed by atoms with Crippen LogP contribution in [0.1, 0.15) is 22.5 Å². The fourth-order valence-electron chi connectivity index (χ4n) is 2.16. The number of ether oxygens (including phenoxy) is 1. The van der Waals surface area contributed by atoms with Gasteiger partial charge in [-0.25, -0.2) is 0 Å². The van der Waals surface area contributed by atoms with Crippen LogP contribution in [-0.2, 0) is 13.7 Å². The summed E-state index contributed by atoms with van der Waals surface area (Å²) in [5.74, 6) is 0.512. The minimum absolute atomic E-state index is 0.0656. The summed E-state index contributed by atoms with van der Waals surface area (Å²) in [5.41, 5.74) is 3.32. The van der Waals surface area contributed by atoms with E-state index < -0.39 is 4.92 Å². The highest BCUT2D eigenvalue weighted by Crippen LogP contribution is 2.29. The second kappa shape index (κ2) is 5.85. The van der Waals surface area contributed by atoms with Crippen LogP contribution in [0.15, 0.2) is 16.6 Å². The first-order valence-corrected chi connectivity index (χ1v) is 7.17. The van der Waals surface area contributed by atoms with Crippen molar-refractivity contribution in [1.29, 1.82) is 0 Å². The van der Waals surface area contributed by atoms with E-state index in [1.165, 1.54) is 6.07 Å². The first kappa shape index (κ1) is 15.5. The average molecular weight is 354 g/mol. The molecule has 0 aliphatic heterocycles. The Morgan fingerprint density at radius 2 is 2.00 bits per heavy atom. The second-order valence-electron chi connectivity index (χ2n) is 4.92. The lowest BCUT2D eigenvalue weighted by atomic mass is 10.1. The van der Waals surface area contributed by atoms with Crippen molar-refractivity contribution in [3.8, 4) is 5.75 Å². The summed E-state index contributed by atoms with van der Waals surface area (Å²) in [4.78, 5) is 10.6. The molecule has 1 aromatic heterocycles. The molecule has 1 aromatic carbocycles. The zero-order valence-electron chi connectivity index (χ0n) is 12.3. The number of halogens is 1. The number of nitro groups is 1. The highest BCUT2D eigenvalue weighted by molar-refractivity contribution is 9.10. The molecule has 0 atom stereocenters. The molecule has 0 saturated heterocycles. The summed E-state index contributed by atoms with van der Waals surface area (Å²) < 4.78 is 8.37. The maximum Gasteiger partial charge on any atom is 0.276 e. The second-order valence-corrected chi connectivity index (χ2v) is 5.71. The van der Waals surface area contributed by atoms with Crippen molar-refractivity contribution >= 4 is 21.6 Å². The Bertz CT molecular complexity index is 710. The third-order valence-corrected chi connectivity index (χ3v) is 4.35. The number of hydrogen-bond donors (Lipinski definition) is 0. The number of aryl methyl sites for hydroxylation is 4. The molecular weight excluding hydrogens is 338 g/mol. The predicted octanol–water partition coefficient (Wildman–Crippen LogP) is 3.60. The Kier molecular flexibility index (Phi) is 4.32. The number of aromatic nitrogens is 2. The van der Waals surface area contributed by atoms with E-state index in [2.05, 4.69) is 21.0 Å². The van der Waals surface area contributed by atoms with Crippen molar-refractivity contribution in [2.45, 2.75) is 27.4 Å². The smallest absolute Gasteiger partial charge is 0.276 e. The fraction of sp³-hybridized carbons (Fsp3) is 0.357. The molecular formula is C14H16BrN3O3. The van der Waals surface area contributed by atoms with Gasteiger partial charge in [-0.1, -0.05) is 0 Å². The topological polar surface area (TPSA) is 70.2 Å². The Morgan fingerprint density at radius 1 is 1.33 bits per heavy atom. The van der Waals surface area contributed by atoms with Gasteiger partial charge >= 0.3 is 0 Å². The van der Waals surface area contributed by atoms with E-state index in [0.29, 0.717) is 17.9 Å². The zero-order valence-corrected chi connectivity index (χ0v) is 13.9. The van der Waals surface area contributed by atoms with Crippen molar-refractivity contribution in [3.63, 3.8) is 0 Å². The minimum atomic E-state index is -0.397. The summed E-state index contributed by atoms with van der Waals surface area (Å²) in [6, 6.07) is 3.23. The molecule has 0 bridgehead atoms. The van der Waals surface area contributed by atoms with Gasteiger partial charge in [-0.05, 0) is 48.3 Å². The molecule has 0 fully saturated rings. The molecule has 0 spiro atoms. The lowest BCUT2D eigenvalue weighted by Gasteiger charge is -2.11. The first-order valence-electron chi connectivity index (χ1n) is 6.37. The van der Waals surface area contributed by atoms with Gasteiger partial charge in [0.15, 0.2) is 0 Å². The minimum Gasteiger partial charge on any atom is -0.487 e. The number of nitro benzene ring substituents is 1. The van der Waals surface area contributed by atoms with Gasteiger partial charge in [0.2, 0.25) is 0 Å². The summed E-state index contributed by atoms with van der Waals surface area (Å²) in [6.45, 7) is 5.78. The van der Waals surface area contributed by atoms with Crippen LogP contribution in [0, 0.1) is 30.9 Å². The van der Waals surface area contributed by atoms with E-state index in [1.807, 2.05) is 20.9 Å². The first-order chi connectivity index (χ1) is 9.81. The summed E-state index contributed by atoms with van der Waals surface area (Å²) >= 11 is 3.47. The molecule has 2 rings (SSSR count). The van der Waals surface area contributed by atoms with Crippen molar-refractivity contribution in [1.82, 2.24) is 9.78 Å². The molecule has 0 amide bonds. The summed E-state index contributed by atoms with van der Waals surface area (Å²) in [7, 11) is 1.83. The molecule has 0 aliphatic rings. The van der Waals surface area contributed by atoms with E-state index in [-0.39, 0.29) is 5.69 Å². The molecule has 21 heavy (non-hydrogen) atoms. The normalized spacial score (nSPS) is 10.7. The predicted molar refractivity (Wildman–Crippen MR) is 82.5 cm³/mol. The van der Waals surface area contributed by atoms with Gasteiger partial charge in [-0.2, -0.15) is 5.10 Å². The average Bonchev–Trinajstić information content (AvgIpc) is 2.62. The van der Waals surface area contributed by atoms with Crippen LogP contribution in [0.3, 0.4) is 0 Å². The van der Waals surface area contributed by atoms with Gasteiger partial charge < -0.3 is 4.74 Å². The van der Waals surface area contributed by atoms with Gasteiger partial charge in [0.05, 0.1) is 26.9 Å². The highest BCUT2D eigenvalue weighted by atomic mass is 79.9. The number of nitrogens with zero attached hydrogens (tertiary/aromatic N) is 3. The van der Waals surface area contributed by atoms with Crippen LogP contribution >= 0.6 is 15.9 Å². The Hall–Kier alpha value is -1.89. The zero-order chi connectivity index (χ0) is 15.7. The molecule has 6 nitrogen and oxygen atoms in total. The van der Waals surface area contributed by atoms with E-state index in [4.69, 9.17) is 4.74 Å². The fourth-order valence-corrected chi connectivity index (χ4v) is 2.61. The molecule has 0 radical (unpaired) electrons. The molecule has 1 heterocycles. The van der Waals surface area contributed by atoms with Crippen molar-refractivity contribution < 1.29 is 9.66 Å². The number of benzene rings is 1. The standard InChI is InChI=1S/C14H16BrN3O3/c1-8-5-9(2)13(6-11(8)18(19)20)21-7-12-14(15)10(3)16-17(12)4/h5-6H,7H2,1-4H3. The number of hydrogen-bond acceptors (Lipinski definition) is 4. The monoisotopic (exact) mass is 353 g/mol. The van der Waals surface area contributed by atoms with Gasteiger partial charge in [-0.3, -0.25) is 14.8 Å². The Labute approximate surface area is 131 Å². The van der Waals surface area contributed by atoms with Gasteiger partial charge in [0.1, 0.15) is 12.4 Å². The maximum atomic E-state index is 11.0. The van der Waals surface area contributed by atoms with Gasteiger partial charge in [0, 0.05) is 12.6 Å². The molecule has 7 heteroatoms. The largest absolute Gasteiger partial charge is 0.487 e. The third-order valence-electron chi connectivity index (χ3n) is 3.32. The van der Waals surface area contributed by atoms with Crippen LogP contribution in [0.4, 0.5) is 5.69 Å². The molecule has 0 saturated carbocycles. The Morgan fingerprint density at radius 3 is 2.52 bits per heavy atom. The third kappa shape index (κ3) is 3.07. The Balaban J connectivity index is 2.28. The van der Waals surface area contributed by atoms with Crippen molar-refractivity contribution in [2.75, 3.05) is 0 Å². The highest BCUT2D eigenvalue weighted by Gasteiger charge is 2.16. The SMILES string of the molecule is Cc1cc(C)c([N+](=O)[O-])cc1OCc1c(Br)c(C)nn1C. The van der Waals surface area contributed by atoms with E-state index in [0.717, 1.165) is 21.4 Å². The van der Waals surface area contributed by atoms with Crippen LogP contribution in [0.25, 0.3) is 0 Å². The van der Waals surface area contributed by atoms with Crippen LogP contribution in [0.5, 0.6) is 5.75 Å². The van der Waals surface area contributed by atoms with Crippen molar-refractivity contribution in [3.05, 3.63) is 49.2 Å². The summed E-state index contributed by atoms with van der Waals surface area (Å²) in [5, 5.41) is 15.3. The summed E-state index contributed by atoms with van der Waals surface area (Å²) in [6.07, 6.45) is 0. The van der Waals surface area contributed by atoms with Crippen molar-refractivity contribution in [2.24, 2.45) is 7.05 Å². The van der Waals surface area contributed by atoms with Gasteiger partial charge in [-0.15, -0.1) is 0 Å². The maximum absolute atomic E-state index is 11.0. The van der Waals surface area contributed by atoms with Gasteiger partial charge in [0.25, 0.3) is 5.69 Å².